The van der Waals surface area contributed by atoms with E-state index < -0.39 is 17.5 Å². The van der Waals surface area contributed by atoms with Crippen LogP contribution in [-0.2, 0) is 11.2 Å². The van der Waals surface area contributed by atoms with Crippen LogP contribution >= 0.6 is 11.3 Å². The Balaban J connectivity index is 0.000000164. The number of likely N-dealkylation sites (N-methyl/N-ethyl adjacent to an activating group) is 1. The van der Waals surface area contributed by atoms with E-state index in [9.17, 15) is 23.2 Å². The molecule has 3 aromatic heterocycles. The molecule has 6 heterocycles. The van der Waals surface area contributed by atoms with Crippen molar-refractivity contribution in [3.05, 3.63) is 118 Å². The number of amides is 2. The summed E-state index contributed by atoms with van der Waals surface area (Å²) in [5.74, 6) is -1.55. The largest absolute Gasteiger partial charge is 0.381 e. The van der Waals surface area contributed by atoms with Gasteiger partial charge in [-0.15, -0.1) is 11.3 Å². The van der Waals surface area contributed by atoms with Crippen LogP contribution in [0, 0.1) is 24.0 Å². The first kappa shape index (κ1) is 35.9. The van der Waals surface area contributed by atoms with E-state index in [0.717, 1.165) is 84.3 Å². The zero-order valence-electron chi connectivity index (χ0n) is 29.3. The highest BCUT2D eigenvalue weighted by Gasteiger charge is 2.45. The summed E-state index contributed by atoms with van der Waals surface area (Å²) in [6, 6.07) is 19.0. The van der Waals surface area contributed by atoms with E-state index in [-0.39, 0.29) is 16.6 Å². The quantitative estimate of drug-likeness (QED) is 0.173. The van der Waals surface area contributed by atoms with Crippen LogP contribution < -0.4 is 20.4 Å². The molecule has 10 nitrogen and oxygen atoms in total. The molecule has 53 heavy (non-hydrogen) atoms. The number of anilines is 4. The van der Waals surface area contributed by atoms with Crippen molar-refractivity contribution in [2.75, 3.05) is 60.3 Å². The second kappa shape index (κ2) is 15.2. The van der Waals surface area contributed by atoms with Gasteiger partial charge in [-0.3, -0.25) is 14.4 Å². The molecule has 0 atom stereocenters. The van der Waals surface area contributed by atoms with Gasteiger partial charge in [0.25, 0.3) is 11.8 Å². The van der Waals surface area contributed by atoms with Crippen molar-refractivity contribution in [2.24, 2.45) is 5.41 Å². The van der Waals surface area contributed by atoms with Gasteiger partial charge in [-0.05, 0) is 80.3 Å². The highest BCUT2D eigenvalue weighted by molar-refractivity contribution is 7.17. The molecule has 0 aliphatic carbocycles. The smallest absolute Gasteiger partial charge is 0.270 e. The molecule has 2 fully saturated rings. The summed E-state index contributed by atoms with van der Waals surface area (Å²) >= 11 is 1.09. The summed E-state index contributed by atoms with van der Waals surface area (Å²) in [4.78, 5) is 49.5. The number of ether oxygens (including phenoxy) is 1. The fourth-order valence-electron chi connectivity index (χ4n) is 6.93. The van der Waals surface area contributed by atoms with Crippen LogP contribution in [0.4, 0.5) is 31.8 Å². The number of aromatic nitrogens is 2. The predicted molar refractivity (Wildman–Crippen MR) is 202 cm³/mol. The molecule has 0 bridgehead atoms. The van der Waals surface area contributed by atoms with E-state index >= 15 is 0 Å². The van der Waals surface area contributed by atoms with Crippen LogP contribution in [0.15, 0.2) is 79.1 Å². The summed E-state index contributed by atoms with van der Waals surface area (Å²) in [5, 5.41) is 5.27. The van der Waals surface area contributed by atoms with Gasteiger partial charge in [-0.25, -0.2) is 18.7 Å². The van der Waals surface area contributed by atoms with Gasteiger partial charge in [0.2, 0.25) is 0 Å². The molecule has 0 saturated carbocycles. The lowest BCUT2D eigenvalue weighted by Gasteiger charge is -2.53. The SMILES string of the molecule is CN1CCc2c(sc(C(=O)Nc3ncccc3F)c2F)-c2ccccc21.Cc1cnc(N2CC3(CCOCC3)C2)c(C(=O)Nc2ccc(C=O)cc2)c1. The fraction of sp³-hybridized carbons (Fsp3) is 0.275. The van der Waals surface area contributed by atoms with Crippen molar-refractivity contribution in [1.29, 1.82) is 0 Å². The molecule has 3 aliphatic heterocycles. The van der Waals surface area contributed by atoms with Crippen LogP contribution in [0.5, 0.6) is 0 Å². The number of rotatable bonds is 6. The summed E-state index contributed by atoms with van der Waals surface area (Å²) in [6.07, 6.45) is 6.59. The maximum Gasteiger partial charge on any atom is 0.270 e. The van der Waals surface area contributed by atoms with Gasteiger partial charge in [-0.1, -0.05) is 18.2 Å². The zero-order valence-corrected chi connectivity index (χ0v) is 30.1. The van der Waals surface area contributed by atoms with Gasteiger partial charge in [-0.2, -0.15) is 0 Å². The molecule has 5 aromatic rings. The monoisotopic (exact) mass is 736 g/mol. The van der Waals surface area contributed by atoms with Crippen LogP contribution in [0.1, 0.15) is 54.4 Å². The first-order valence-corrected chi connectivity index (χ1v) is 18.2. The Bertz CT molecular complexity index is 2160. The molecule has 272 valence electrons. The van der Waals surface area contributed by atoms with Crippen LogP contribution in [0.2, 0.25) is 0 Å². The number of hydrogen-bond donors (Lipinski definition) is 2. The first-order chi connectivity index (χ1) is 25.6. The number of fused-ring (bicyclic) bond motifs is 3. The molecule has 3 aliphatic rings. The van der Waals surface area contributed by atoms with Crippen LogP contribution in [-0.4, -0.2) is 68.0 Å². The lowest BCUT2D eigenvalue weighted by atomic mass is 9.73. The van der Waals surface area contributed by atoms with Crippen molar-refractivity contribution in [1.82, 2.24) is 9.97 Å². The molecule has 0 radical (unpaired) electrons. The molecular formula is C40H38F2N6O4S. The fourth-order valence-corrected chi connectivity index (χ4v) is 8.09. The van der Waals surface area contributed by atoms with E-state index in [4.69, 9.17) is 4.74 Å². The van der Waals surface area contributed by atoms with E-state index in [1.54, 1.807) is 30.5 Å². The number of thiophene rings is 1. The number of hydrogen-bond acceptors (Lipinski definition) is 9. The van der Waals surface area contributed by atoms with E-state index in [1.807, 2.05) is 44.3 Å². The van der Waals surface area contributed by atoms with E-state index in [0.29, 0.717) is 40.8 Å². The Morgan fingerprint density at radius 3 is 2.45 bits per heavy atom. The number of carbonyl (C=O) groups excluding carboxylic acids is 3. The highest BCUT2D eigenvalue weighted by atomic mass is 32.1. The molecule has 2 amide bonds. The molecule has 13 heteroatoms. The Labute approximate surface area is 309 Å². The van der Waals surface area contributed by atoms with Crippen molar-refractivity contribution in [2.45, 2.75) is 26.2 Å². The average Bonchev–Trinajstić information content (AvgIpc) is 3.42. The van der Waals surface area contributed by atoms with Crippen molar-refractivity contribution >= 4 is 52.4 Å². The van der Waals surface area contributed by atoms with E-state index in [2.05, 4.69) is 30.4 Å². The second-order valence-electron chi connectivity index (χ2n) is 13.6. The van der Waals surface area contributed by atoms with Gasteiger partial charge in [0.1, 0.15) is 17.0 Å². The standard InChI is InChI=1S/C21H23N3O3.C19H15F2N3OS/c1-15-10-18(20(26)23-17-4-2-16(12-25)3-5-17)19(22-11-15)24-13-21(14-24)6-8-27-9-7-21;1-24-10-8-12-15(21)17(19(25)23-18-13(20)6-4-9-22-18)26-16(12)11-5-2-3-7-14(11)24/h2-5,10-12H,6-9,13-14H2,1H3,(H,23,26);2-7,9H,8,10H2,1H3,(H,22,23,25). The molecule has 0 unspecified atom stereocenters. The number of benzene rings is 2. The van der Waals surface area contributed by atoms with E-state index in [1.165, 1.54) is 18.3 Å². The van der Waals surface area contributed by atoms with Gasteiger partial charge in [0.05, 0.1) is 5.56 Å². The Morgan fingerprint density at radius 2 is 1.72 bits per heavy atom. The Kier molecular flexibility index (Phi) is 10.3. The Morgan fingerprint density at radius 1 is 0.962 bits per heavy atom. The number of para-hydroxylation sites is 1. The molecule has 8 rings (SSSR count). The summed E-state index contributed by atoms with van der Waals surface area (Å²) in [5.41, 5.74) is 5.49. The molecular weight excluding hydrogens is 699 g/mol. The third-order valence-corrected chi connectivity index (χ3v) is 11.1. The summed E-state index contributed by atoms with van der Waals surface area (Å²) in [6.45, 7) is 6.05. The summed E-state index contributed by atoms with van der Waals surface area (Å²) in [7, 11) is 1.96. The minimum absolute atomic E-state index is 0.0561. The lowest BCUT2D eigenvalue weighted by Crippen LogP contribution is -2.59. The number of pyridine rings is 2. The minimum atomic E-state index is -0.691. The number of aldehydes is 1. The molecule has 1 spiro atoms. The molecule has 2 saturated heterocycles. The highest BCUT2D eigenvalue weighted by Crippen LogP contribution is 2.44. The van der Waals surface area contributed by atoms with Crippen molar-refractivity contribution in [3.8, 4) is 10.4 Å². The van der Waals surface area contributed by atoms with Crippen LogP contribution in [0.25, 0.3) is 10.4 Å². The van der Waals surface area contributed by atoms with Crippen LogP contribution in [0.3, 0.4) is 0 Å². The summed E-state index contributed by atoms with van der Waals surface area (Å²) < 4.78 is 34.2. The maximum atomic E-state index is 15.0. The van der Waals surface area contributed by atoms with Crippen molar-refractivity contribution < 1.29 is 27.9 Å². The number of carbonyl (C=O) groups is 3. The first-order valence-electron chi connectivity index (χ1n) is 17.3. The van der Waals surface area contributed by atoms with Gasteiger partial charge in [0.15, 0.2) is 17.5 Å². The zero-order chi connectivity index (χ0) is 37.1. The third-order valence-electron chi connectivity index (χ3n) is 9.85. The van der Waals surface area contributed by atoms with Gasteiger partial charge < -0.3 is 25.2 Å². The maximum absolute atomic E-state index is 15.0. The minimum Gasteiger partial charge on any atom is -0.381 e. The topological polar surface area (TPSA) is 117 Å². The third kappa shape index (κ3) is 7.53. The normalized spacial score (nSPS) is 15.5. The molecule has 2 N–H and O–H groups in total. The average molecular weight is 737 g/mol. The second-order valence-corrected chi connectivity index (χ2v) is 14.6. The Hall–Kier alpha value is -5.53. The lowest BCUT2D eigenvalue weighted by molar-refractivity contribution is -0.000511. The van der Waals surface area contributed by atoms with Gasteiger partial charge >= 0.3 is 0 Å². The number of nitrogens with one attached hydrogen (secondary N) is 2. The number of halogens is 2. The van der Waals surface area contributed by atoms with Crippen molar-refractivity contribution in [3.63, 3.8) is 0 Å². The van der Waals surface area contributed by atoms with Gasteiger partial charge in [0, 0.05) is 90.6 Å². The molecule has 2 aromatic carbocycles. The number of aryl methyl sites for hydroxylation is 1. The predicted octanol–water partition coefficient (Wildman–Crippen LogP) is 7.40. The number of nitrogens with zero attached hydrogens (tertiary/aromatic N) is 4.